The SMILES string of the molecule is CCOc1cc(C2C3=C(CCCC3=O)N(CC(=O)O)C3=C2C(=O)CCC3)cc(I)c1OCc1ccccc1. The summed E-state index contributed by atoms with van der Waals surface area (Å²) in [6.07, 6.45) is 3.35. The predicted octanol–water partition coefficient (Wildman–Crippen LogP) is 5.77. The summed E-state index contributed by atoms with van der Waals surface area (Å²) in [4.78, 5) is 40.4. The Morgan fingerprint density at radius 2 is 1.61 bits per heavy atom. The zero-order chi connectivity index (χ0) is 26.8. The molecule has 7 nitrogen and oxygen atoms in total. The van der Waals surface area contributed by atoms with Gasteiger partial charge in [-0.1, -0.05) is 30.3 Å². The van der Waals surface area contributed by atoms with Gasteiger partial charge in [0.15, 0.2) is 23.1 Å². The molecule has 0 amide bonds. The molecule has 5 rings (SSSR count). The minimum absolute atomic E-state index is 0.0195. The summed E-state index contributed by atoms with van der Waals surface area (Å²) in [6, 6.07) is 13.7. The van der Waals surface area contributed by atoms with Crippen LogP contribution in [0.15, 0.2) is 65.0 Å². The van der Waals surface area contributed by atoms with Crippen LogP contribution in [0.4, 0.5) is 0 Å². The van der Waals surface area contributed by atoms with E-state index < -0.39 is 11.9 Å². The lowest BCUT2D eigenvalue weighted by Gasteiger charge is -2.43. The normalized spacial score (nSPS) is 17.9. The van der Waals surface area contributed by atoms with Gasteiger partial charge in [-0.3, -0.25) is 14.4 Å². The fraction of sp³-hybridized carbons (Fsp3) is 0.367. The highest BCUT2D eigenvalue weighted by Gasteiger charge is 2.44. The lowest BCUT2D eigenvalue weighted by Crippen LogP contribution is -2.41. The number of allylic oxidation sites excluding steroid dienone is 4. The van der Waals surface area contributed by atoms with Crippen molar-refractivity contribution in [1.29, 1.82) is 0 Å². The molecule has 0 aromatic heterocycles. The maximum absolute atomic E-state index is 13.4. The van der Waals surface area contributed by atoms with E-state index >= 15 is 0 Å². The molecule has 0 radical (unpaired) electrons. The quantitative estimate of drug-likeness (QED) is 0.372. The lowest BCUT2D eigenvalue weighted by atomic mass is 9.71. The van der Waals surface area contributed by atoms with Crippen LogP contribution < -0.4 is 9.47 Å². The molecule has 0 saturated heterocycles. The molecular weight excluding hydrogens is 597 g/mol. The van der Waals surface area contributed by atoms with Crippen LogP contribution in [0, 0.1) is 3.57 Å². The highest BCUT2D eigenvalue weighted by molar-refractivity contribution is 14.1. The van der Waals surface area contributed by atoms with Crippen molar-refractivity contribution >= 4 is 40.1 Å². The van der Waals surface area contributed by atoms with Gasteiger partial charge in [0.2, 0.25) is 0 Å². The first-order valence-corrected chi connectivity index (χ1v) is 14.1. The number of rotatable bonds is 8. The second-order valence-electron chi connectivity index (χ2n) is 9.72. The van der Waals surface area contributed by atoms with Crippen LogP contribution in [0.25, 0.3) is 0 Å². The van der Waals surface area contributed by atoms with E-state index in [4.69, 9.17) is 9.47 Å². The molecule has 0 fully saturated rings. The summed E-state index contributed by atoms with van der Waals surface area (Å²) in [6.45, 7) is 2.46. The molecule has 2 aromatic carbocycles. The fourth-order valence-corrected chi connectivity index (χ4v) is 6.54. The van der Waals surface area contributed by atoms with E-state index in [0.29, 0.717) is 74.4 Å². The highest BCUT2D eigenvalue weighted by atomic mass is 127. The van der Waals surface area contributed by atoms with Crippen molar-refractivity contribution in [2.45, 2.75) is 58.0 Å². The van der Waals surface area contributed by atoms with Crippen molar-refractivity contribution in [2.75, 3.05) is 13.2 Å². The summed E-state index contributed by atoms with van der Waals surface area (Å²) < 4.78 is 13.0. The molecule has 0 spiro atoms. The number of nitrogens with zero attached hydrogens (tertiary/aromatic N) is 1. The number of carboxylic acids is 1. The Morgan fingerprint density at radius 1 is 0.974 bits per heavy atom. The topological polar surface area (TPSA) is 93.1 Å². The first-order chi connectivity index (χ1) is 18.4. The second-order valence-corrected chi connectivity index (χ2v) is 10.9. The Bertz CT molecular complexity index is 1300. The van der Waals surface area contributed by atoms with Gasteiger partial charge in [0.25, 0.3) is 0 Å². The van der Waals surface area contributed by atoms with Gasteiger partial charge in [0.1, 0.15) is 13.2 Å². The Kier molecular flexibility index (Phi) is 7.88. The van der Waals surface area contributed by atoms with Crippen LogP contribution in [0.5, 0.6) is 11.5 Å². The highest BCUT2D eigenvalue weighted by Crippen LogP contribution is 2.50. The average Bonchev–Trinajstić information content (AvgIpc) is 2.89. The fourth-order valence-electron chi connectivity index (χ4n) is 5.76. The number of hydrogen-bond acceptors (Lipinski definition) is 6. The van der Waals surface area contributed by atoms with Gasteiger partial charge < -0.3 is 19.5 Å². The zero-order valence-electron chi connectivity index (χ0n) is 21.3. The Hall–Kier alpha value is -3.14. The zero-order valence-corrected chi connectivity index (χ0v) is 23.5. The maximum atomic E-state index is 13.4. The molecule has 2 aromatic rings. The third kappa shape index (κ3) is 5.10. The first kappa shape index (κ1) is 26.5. The third-order valence-corrected chi connectivity index (χ3v) is 8.07. The summed E-state index contributed by atoms with van der Waals surface area (Å²) in [5.41, 5.74) is 4.44. The molecular formula is C30H30INO6. The van der Waals surface area contributed by atoms with E-state index in [1.165, 1.54) is 0 Å². The van der Waals surface area contributed by atoms with Crippen molar-refractivity contribution in [1.82, 2.24) is 4.90 Å². The molecule has 0 saturated carbocycles. The van der Waals surface area contributed by atoms with Crippen molar-refractivity contribution in [2.24, 2.45) is 0 Å². The van der Waals surface area contributed by atoms with Gasteiger partial charge in [-0.2, -0.15) is 0 Å². The predicted molar refractivity (Wildman–Crippen MR) is 150 cm³/mol. The monoisotopic (exact) mass is 627 g/mol. The van der Waals surface area contributed by atoms with Crippen LogP contribution in [-0.4, -0.2) is 40.7 Å². The first-order valence-electron chi connectivity index (χ1n) is 13.0. The number of ether oxygens (including phenoxy) is 2. The molecule has 1 aliphatic heterocycles. The average molecular weight is 627 g/mol. The van der Waals surface area contributed by atoms with Crippen LogP contribution in [0.3, 0.4) is 0 Å². The third-order valence-electron chi connectivity index (χ3n) is 7.27. The van der Waals surface area contributed by atoms with Crippen LogP contribution in [0.1, 0.15) is 62.5 Å². The number of aliphatic carboxylic acids is 1. The molecule has 2 aliphatic carbocycles. The van der Waals surface area contributed by atoms with Crippen molar-refractivity contribution in [3.8, 4) is 11.5 Å². The minimum Gasteiger partial charge on any atom is -0.490 e. The summed E-state index contributed by atoms with van der Waals surface area (Å²) in [7, 11) is 0. The van der Waals surface area contributed by atoms with Crippen molar-refractivity contribution in [3.05, 3.63) is 79.7 Å². The molecule has 0 atom stereocenters. The summed E-state index contributed by atoms with van der Waals surface area (Å²) in [5, 5.41) is 9.67. The van der Waals surface area contributed by atoms with Crippen LogP contribution in [-0.2, 0) is 21.0 Å². The molecule has 1 N–H and O–H groups in total. The molecule has 0 bridgehead atoms. The van der Waals surface area contributed by atoms with E-state index in [1.54, 1.807) is 4.90 Å². The number of Topliss-reactive ketones (excluding diaryl/α,β-unsaturated/α-hetero) is 2. The van der Waals surface area contributed by atoms with Crippen LogP contribution >= 0.6 is 22.6 Å². The van der Waals surface area contributed by atoms with Crippen molar-refractivity contribution < 1.29 is 29.0 Å². The number of ketones is 2. The van der Waals surface area contributed by atoms with Gasteiger partial charge in [-0.15, -0.1) is 0 Å². The standard InChI is InChI=1S/C30H30INO6/c1-2-37-25-15-19(14-20(31)30(25)38-17-18-8-4-3-5-9-18)27-28-21(10-6-12-23(28)33)32(16-26(35)36)22-11-7-13-24(34)29(22)27/h3-5,8-9,14-15,27H,2,6-7,10-13,16-17H2,1H3,(H,35,36). The van der Waals surface area contributed by atoms with Gasteiger partial charge >= 0.3 is 5.97 Å². The van der Waals surface area contributed by atoms with E-state index in [9.17, 15) is 19.5 Å². The molecule has 1 heterocycles. The second kappa shape index (κ2) is 11.3. The number of carbonyl (C=O) groups excluding carboxylic acids is 2. The summed E-state index contributed by atoms with van der Waals surface area (Å²) in [5.74, 6) is -0.374. The molecule has 38 heavy (non-hydrogen) atoms. The van der Waals surface area contributed by atoms with Crippen LogP contribution in [0.2, 0.25) is 0 Å². The maximum Gasteiger partial charge on any atom is 0.323 e. The van der Waals surface area contributed by atoms with E-state index in [2.05, 4.69) is 22.6 Å². The van der Waals surface area contributed by atoms with Gasteiger partial charge in [0.05, 0.1) is 10.2 Å². The Balaban J connectivity index is 1.63. The Labute approximate surface area is 235 Å². The molecule has 198 valence electrons. The lowest BCUT2D eigenvalue weighted by molar-refractivity contribution is -0.138. The number of halogens is 1. The molecule has 3 aliphatic rings. The number of hydrogen-bond donors (Lipinski definition) is 1. The smallest absolute Gasteiger partial charge is 0.323 e. The van der Waals surface area contributed by atoms with Crippen molar-refractivity contribution in [3.63, 3.8) is 0 Å². The van der Waals surface area contributed by atoms with Gasteiger partial charge in [0, 0.05) is 41.3 Å². The van der Waals surface area contributed by atoms with Gasteiger partial charge in [-0.05, 0) is 78.5 Å². The summed E-state index contributed by atoms with van der Waals surface area (Å²) >= 11 is 2.22. The molecule has 8 heteroatoms. The number of benzene rings is 2. The number of carbonyl (C=O) groups is 3. The van der Waals surface area contributed by atoms with E-state index in [0.717, 1.165) is 26.1 Å². The number of carboxylic acid groups (broad SMARTS) is 1. The Morgan fingerprint density at radius 3 is 2.18 bits per heavy atom. The van der Waals surface area contributed by atoms with E-state index in [-0.39, 0.29) is 18.1 Å². The van der Waals surface area contributed by atoms with E-state index in [1.807, 2.05) is 49.4 Å². The largest absolute Gasteiger partial charge is 0.490 e. The molecule has 0 unspecified atom stereocenters. The minimum atomic E-state index is -0.980. The van der Waals surface area contributed by atoms with Gasteiger partial charge in [-0.25, -0.2) is 0 Å².